The zero-order valence-electron chi connectivity index (χ0n) is 11.7. The highest BCUT2D eigenvalue weighted by Crippen LogP contribution is 2.26. The fraction of sp³-hybridized carbons (Fsp3) is 0.500. The molecule has 0 bridgehead atoms. The minimum atomic E-state index is 0. The van der Waals surface area contributed by atoms with E-state index in [9.17, 15) is 5.11 Å². The number of halogens is 1. The van der Waals surface area contributed by atoms with Gasteiger partial charge in [-0.2, -0.15) is 0 Å². The Kier molecular flexibility index (Phi) is 7.22. The molecule has 0 saturated heterocycles. The maximum Gasteiger partial charge on any atom is 0.191 e. The van der Waals surface area contributed by atoms with E-state index in [1.54, 1.807) is 13.2 Å². The molecule has 0 fully saturated rings. The third kappa shape index (κ3) is 4.92. The number of nitrogens with zero attached hydrogens (tertiary/aromatic N) is 1. The van der Waals surface area contributed by atoms with Gasteiger partial charge in [-0.25, -0.2) is 0 Å². The van der Waals surface area contributed by atoms with E-state index in [-0.39, 0.29) is 22.7 Å². The predicted molar refractivity (Wildman–Crippen MR) is 86.2 cm³/mol. The molecule has 1 aromatic rings. The molecule has 6 heteroatoms. The molecule has 0 radical (unpaired) electrons. The van der Waals surface area contributed by atoms with Crippen LogP contribution in [0.3, 0.4) is 0 Å². The zero-order chi connectivity index (χ0) is 13.5. The molecule has 0 aromatic heterocycles. The maximum atomic E-state index is 9.53. The van der Waals surface area contributed by atoms with Gasteiger partial charge in [0.1, 0.15) is 0 Å². The van der Waals surface area contributed by atoms with E-state index >= 15 is 0 Å². The van der Waals surface area contributed by atoms with Crippen molar-refractivity contribution < 1.29 is 9.84 Å². The Hall–Kier alpha value is -1.43. The quantitative estimate of drug-likeness (QED) is 0.780. The van der Waals surface area contributed by atoms with Crippen molar-refractivity contribution in [3.63, 3.8) is 0 Å². The number of rotatable bonds is 4. The van der Waals surface area contributed by atoms with Gasteiger partial charge < -0.3 is 20.5 Å². The van der Waals surface area contributed by atoms with E-state index in [0.29, 0.717) is 5.75 Å². The lowest BCUT2D eigenvalue weighted by Crippen LogP contribution is -2.38. The highest BCUT2D eigenvalue weighted by Gasteiger charge is 2.04. The number of hydrogen-bond acceptors (Lipinski definition) is 5. The molecule has 20 heavy (non-hydrogen) atoms. The first-order chi connectivity index (χ1) is 9.29. The van der Waals surface area contributed by atoms with Gasteiger partial charge in [0.05, 0.1) is 7.11 Å². The zero-order valence-corrected chi connectivity index (χ0v) is 13.4. The number of benzene rings is 1. The SMILES string of the molecule is Br.COc1cc(CCNC2=NCCCCN2)ccc1O. The van der Waals surface area contributed by atoms with Gasteiger partial charge in [-0.1, -0.05) is 6.07 Å². The van der Waals surface area contributed by atoms with E-state index in [1.165, 1.54) is 6.42 Å². The summed E-state index contributed by atoms with van der Waals surface area (Å²) >= 11 is 0. The van der Waals surface area contributed by atoms with E-state index in [4.69, 9.17) is 4.74 Å². The first kappa shape index (κ1) is 16.6. The van der Waals surface area contributed by atoms with Crippen molar-refractivity contribution in [2.45, 2.75) is 19.3 Å². The molecule has 1 heterocycles. The van der Waals surface area contributed by atoms with Crippen molar-refractivity contribution in [1.82, 2.24) is 10.6 Å². The van der Waals surface area contributed by atoms with Crippen molar-refractivity contribution in [3.05, 3.63) is 23.8 Å². The molecule has 0 aliphatic carbocycles. The fourth-order valence-corrected chi connectivity index (χ4v) is 2.01. The van der Waals surface area contributed by atoms with Crippen molar-refractivity contribution in [2.24, 2.45) is 4.99 Å². The summed E-state index contributed by atoms with van der Waals surface area (Å²) in [6.07, 6.45) is 3.18. The minimum absolute atomic E-state index is 0. The van der Waals surface area contributed by atoms with Crippen LogP contribution >= 0.6 is 17.0 Å². The normalized spacial score (nSPS) is 14.3. The van der Waals surface area contributed by atoms with Crippen LogP contribution < -0.4 is 15.4 Å². The number of ether oxygens (including phenoxy) is 1. The Labute approximate surface area is 130 Å². The van der Waals surface area contributed by atoms with Crippen LogP contribution in [-0.2, 0) is 6.42 Å². The molecule has 1 aromatic carbocycles. The largest absolute Gasteiger partial charge is 0.504 e. The van der Waals surface area contributed by atoms with Crippen LogP contribution in [0.4, 0.5) is 0 Å². The Balaban J connectivity index is 0.00000200. The third-order valence-corrected chi connectivity index (χ3v) is 3.10. The summed E-state index contributed by atoms with van der Waals surface area (Å²) in [4.78, 5) is 4.43. The van der Waals surface area contributed by atoms with E-state index in [2.05, 4.69) is 15.6 Å². The van der Waals surface area contributed by atoms with Crippen LogP contribution in [0.15, 0.2) is 23.2 Å². The summed E-state index contributed by atoms with van der Waals surface area (Å²) in [6.45, 7) is 2.68. The number of phenolic OH excluding ortho intramolecular Hbond substituents is 1. The van der Waals surface area contributed by atoms with E-state index < -0.39 is 0 Å². The number of nitrogens with one attached hydrogen (secondary N) is 2. The lowest BCUT2D eigenvalue weighted by Gasteiger charge is -2.11. The van der Waals surface area contributed by atoms with E-state index in [0.717, 1.165) is 44.0 Å². The molecule has 1 aliphatic rings. The summed E-state index contributed by atoms with van der Waals surface area (Å²) < 4.78 is 5.09. The van der Waals surface area contributed by atoms with Crippen molar-refractivity contribution in [1.29, 1.82) is 0 Å². The predicted octanol–water partition coefficient (Wildman–Crippen LogP) is 1.85. The lowest BCUT2D eigenvalue weighted by molar-refractivity contribution is 0.373. The van der Waals surface area contributed by atoms with Crippen LogP contribution in [0.5, 0.6) is 11.5 Å². The van der Waals surface area contributed by atoms with Gasteiger partial charge >= 0.3 is 0 Å². The highest BCUT2D eigenvalue weighted by molar-refractivity contribution is 8.93. The van der Waals surface area contributed by atoms with Crippen LogP contribution in [0.1, 0.15) is 18.4 Å². The molecular weight excluding hydrogens is 322 g/mol. The van der Waals surface area contributed by atoms with Crippen LogP contribution in [-0.4, -0.2) is 37.8 Å². The second-order valence-corrected chi connectivity index (χ2v) is 4.55. The number of hydrogen-bond donors (Lipinski definition) is 3. The number of aromatic hydroxyl groups is 1. The Bertz CT molecular complexity index is 452. The van der Waals surface area contributed by atoms with E-state index in [1.807, 2.05) is 12.1 Å². The topological polar surface area (TPSA) is 65.9 Å². The number of aliphatic imine (C=N–C) groups is 1. The maximum absolute atomic E-state index is 9.53. The van der Waals surface area contributed by atoms with Gasteiger partial charge in [0, 0.05) is 19.6 Å². The molecule has 0 atom stereocenters. The average Bonchev–Trinajstić information content (AvgIpc) is 2.69. The second kappa shape index (κ2) is 8.68. The van der Waals surface area contributed by atoms with Gasteiger partial charge in [0.2, 0.25) is 0 Å². The number of methoxy groups -OCH3 is 1. The van der Waals surface area contributed by atoms with Crippen LogP contribution in [0.25, 0.3) is 0 Å². The number of phenols is 1. The van der Waals surface area contributed by atoms with Gasteiger partial charge in [0.25, 0.3) is 0 Å². The molecule has 0 amide bonds. The summed E-state index contributed by atoms with van der Waals surface area (Å²) in [5.74, 6) is 1.58. The fourth-order valence-electron chi connectivity index (χ4n) is 2.01. The molecule has 5 nitrogen and oxygen atoms in total. The van der Waals surface area contributed by atoms with Crippen LogP contribution in [0.2, 0.25) is 0 Å². The summed E-state index contributed by atoms with van der Waals surface area (Å²) in [5, 5.41) is 16.1. The first-order valence-electron chi connectivity index (χ1n) is 6.67. The second-order valence-electron chi connectivity index (χ2n) is 4.55. The molecular formula is C14H22BrN3O2. The Morgan fingerprint density at radius 2 is 2.25 bits per heavy atom. The Morgan fingerprint density at radius 3 is 3.05 bits per heavy atom. The van der Waals surface area contributed by atoms with Crippen molar-refractivity contribution >= 4 is 22.9 Å². The van der Waals surface area contributed by atoms with Gasteiger partial charge in [-0.15, -0.1) is 17.0 Å². The molecule has 3 N–H and O–H groups in total. The van der Waals surface area contributed by atoms with Crippen molar-refractivity contribution in [3.8, 4) is 11.5 Å². The van der Waals surface area contributed by atoms with Gasteiger partial charge in [0.15, 0.2) is 17.5 Å². The number of guanidine groups is 1. The van der Waals surface area contributed by atoms with Gasteiger partial charge in [-0.3, -0.25) is 4.99 Å². The van der Waals surface area contributed by atoms with Crippen molar-refractivity contribution in [2.75, 3.05) is 26.7 Å². The molecule has 1 aliphatic heterocycles. The monoisotopic (exact) mass is 343 g/mol. The third-order valence-electron chi connectivity index (χ3n) is 3.10. The molecule has 112 valence electrons. The summed E-state index contributed by atoms with van der Waals surface area (Å²) in [5.41, 5.74) is 1.12. The highest BCUT2D eigenvalue weighted by atomic mass is 79.9. The van der Waals surface area contributed by atoms with Crippen LogP contribution in [0, 0.1) is 0 Å². The molecule has 0 spiro atoms. The molecule has 2 rings (SSSR count). The minimum Gasteiger partial charge on any atom is -0.504 e. The summed E-state index contributed by atoms with van der Waals surface area (Å²) in [7, 11) is 1.56. The standard InChI is InChI=1S/C14H21N3O2.BrH/c1-19-13-10-11(4-5-12(13)18)6-9-17-14-15-7-2-3-8-16-14;/h4-5,10,18H,2-3,6-9H2,1H3,(H2,15,16,17);1H. The molecule has 0 unspecified atom stereocenters. The average molecular weight is 344 g/mol. The Morgan fingerprint density at radius 1 is 1.40 bits per heavy atom. The molecule has 0 saturated carbocycles. The lowest BCUT2D eigenvalue weighted by atomic mass is 10.1. The summed E-state index contributed by atoms with van der Waals surface area (Å²) in [6, 6.07) is 5.43. The smallest absolute Gasteiger partial charge is 0.191 e. The first-order valence-corrected chi connectivity index (χ1v) is 6.67. The van der Waals surface area contributed by atoms with Gasteiger partial charge in [-0.05, 0) is 37.0 Å².